The average molecular weight is 407 g/mol. The Morgan fingerprint density at radius 2 is 2.00 bits per heavy atom. The fourth-order valence-electron chi connectivity index (χ4n) is 4.37. The van der Waals surface area contributed by atoms with Crippen LogP contribution in [-0.2, 0) is 10.2 Å². The van der Waals surface area contributed by atoms with Gasteiger partial charge in [-0.1, -0.05) is 25.1 Å². The molecule has 2 aromatic carbocycles. The van der Waals surface area contributed by atoms with E-state index in [2.05, 4.69) is 25.2 Å². The summed E-state index contributed by atoms with van der Waals surface area (Å²) in [6.07, 6.45) is 4.64. The Labute approximate surface area is 175 Å². The van der Waals surface area contributed by atoms with Crippen LogP contribution in [-0.4, -0.2) is 29.6 Å². The van der Waals surface area contributed by atoms with E-state index in [1.54, 1.807) is 6.07 Å². The lowest BCUT2D eigenvalue weighted by Crippen LogP contribution is -2.61. The van der Waals surface area contributed by atoms with Crippen LogP contribution < -0.4 is 15.0 Å². The highest BCUT2D eigenvalue weighted by Crippen LogP contribution is 2.54. The minimum absolute atomic E-state index is 0.0164. The van der Waals surface area contributed by atoms with Crippen molar-refractivity contribution in [2.45, 2.75) is 38.3 Å². The number of nitro groups is 1. The molecule has 2 aliphatic rings. The van der Waals surface area contributed by atoms with Crippen molar-refractivity contribution in [3.63, 3.8) is 0 Å². The molecule has 0 aliphatic carbocycles. The summed E-state index contributed by atoms with van der Waals surface area (Å²) in [5.74, 6) is 0.484. The third-order valence-corrected chi connectivity index (χ3v) is 6.00. The quantitative estimate of drug-likeness (QED) is 0.598. The predicted octanol–water partition coefficient (Wildman–Crippen LogP) is 4.02. The maximum atomic E-state index is 12.7. The van der Waals surface area contributed by atoms with Crippen molar-refractivity contribution in [3.05, 3.63) is 69.8 Å². The van der Waals surface area contributed by atoms with Crippen LogP contribution >= 0.6 is 0 Å². The third kappa shape index (κ3) is 2.93. The molecular weight excluding hydrogens is 382 g/mol. The Morgan fingerprint density at radius 3 is 2.73 bits per heavy atom. The molecule has 4 rings (SSSR count). The van der Waals surface area contributed by atoms with Gasteiger partial charge in [0, 0.05) is 29.9 Å². The molecule has 0 saturated heterocycles. The summed E-state index contributed by atoms with van der Waals surface area (Å²) in [7, 11) is 0. The van der Waals surface area contributed by atoms with Gasteiger partial charge in [-0.2, -0.15) is 0 Å². The maximum absolute atomic E-state index is 12.7. The van der Waals surface area contributed by atoms with Gasteiger partial charge < -0.3 is 15.0 Å². The number of hydrogen-bond donors (Lipinski definition) is 1. The average Bonchev–Trinajstić information content (AvgIpc) is 2.90. The number of nitrogens with zero attached hydrogens (tertiary/aromatic N) is 2. The van der Waals surface area contributed by atoms with E-state index >= 15 is 0 Å². The highest BCUT2D eigenvalue weighted by molar-refractivity contribution is 5.85. The number of hydrogen-bond acceptors (Lipinski definition) is 5. The Morgan fingerprint density at radius 1 is 1.23 bits per heavy atom. The largest absolute Gasteiger partial charge is 0.463 e. The van der Waals surface area contributed by atoms with E-state index in [1.165, 1.54) is 12.1 Å². The molecular formula is C23H25N3O4. The normalized spacial score (nSPS) is 20.4. The van der Waals surface area contributed by atoms with Gasteiger partial charge >= 0.3 is 0 Å². The number of benzene rings is 2. The molecule has 1 spiro atoms. The number of fused-ring (bicyclic) bond motifs is 2. The molecule has 2 heterocycles. The Hall–Kier alpha value is -3.35. The molecule has 0 bridgehead atoms. The van der Waals surface area contributed by atoms with Crippen LogP contribution in [0, 0.1) is 10.1 Å². The molecule has 2 aromatic rings. The topological polar surface area (TPSA) is 84.7 Å². The Bertz CT molecular complexity index is 1050. The van der Waals surface area contributed by atoms with Gasteiger partial charge in [0.05, 0.1) is 10.3 Å². The molecule has 156 valence electrons. The summed E-state index contributed by atoms with van der Waals surface area (Å²) in [5.41, 5.74) is 1.31. The summed E-state index contributed by atoms with van der Waals surface area (Å²) >= 11 is 0. The number of carbonyl (C=O) groups is 1. The lowest BCUT2D eigenvalue weighted by atomic mass is 9.76. The fraction of sp³-hybridized carbons (Fsp3) is 0.348. The predicted molar refractivity (Wildman–Crippen MR) is 116 cm³/mol. The molecule has 0 aromatic heterocycles. The monoisotopic (exact) mass is 407 g/mol. The number of nitrogens with one attached hydrogen (secondary N) is 1. The van der Waals surface area contributed by atoms with Crippen molar-refractivity contribution in [2.24, 2.45) is 0 Å². The zero-order chi connectivity index (χ0) is 21.5. The van der Waals surface area contributed by atoms with Gasteiger partial charge in [-0.05, 0) is 50.1 Å². The van der Waals surface area contributed by atoms with Crippen molar-refractivity contribution in [2.75, 3.05) is 18.0 Å². The zero-order valence-electron chi connectivity index (χ0n) is 17.3. The lowest BCUT2D eigenvalue weighted by molar-refractivity contribution is -0.384. The number of non-ortho nitro benzene ring substituents is 1. The van der Waals surface area contributed by atoms with Crippen molar-refractivity contribution < 1.29 is 14.5 Å². The summed E-state index contributed by atoms with van der Waals surface area (Å²) in [5, 5.41) is 14.1. The van der Waals surface area contributed by atoms with Crippen LogP contribution in [0.4, 0.5) is 11.4 Å². The molecule has 0 saturated carbocycles. The van der Waals surface area contributed by atoms with E-state index in [9.17, 15) is 14.9 Å². The van der Waals surface area contributed by atoms with Gasteiger partial charge in [-0.3, -0.25) is 14.9 Å². The second kappa shape index (κ2) is 7.16. The van der Waals surface area contributed by atoms with Crippen LogP contribution in [0.1, 0.15) is 38.3 Å². The van der Waals surface area contributed by atoms with E-state index < -0.39 is 16.1 Å². The van der Waals surface area contributed by atoms with Crippen LogP contribution in [0.5, 0.6) is 5.75 Å². The van der Waals surface area contributed by atoms with E-state index in [0.717, 1.165) is 17.7 Å². The Kier molecular flexibility index (Phi) is 4.76. The minimum atomic E-state index is -0.927. The molecule has 7 heteroatoms. The first kappa shape index (κ1) is 19.9. The van der Waals surface area contributed by atoms with E-state index in [4.69, 9.17) is 4.74 Å². The third-order valence-electron chi connectivity index (χ3n) is 6.00. The smallest absolute Gasteiger partial charge is 0.270 e. The number of para-hydroxylation sites is 1. The van der Waals surface area contributed by atoms with Gasteiger partial charge in [0.2, 0.25) is 11.6 Å². The second-order valence-corrected chi connectivity index (χ2v) is 8.19. The number of amides is 1. The summed E-state index contributed by atoms with van der Waals surface area (Å²) in [6, 6.07) is 12.6. The van der Waals surface area contributed by atoms with E-state index in [1.807, 2.05) is 42.2 Å². The fourth-order valence-corrected chi connectivity index (χ4v) is 4.37. The molecule has 1 N–H and O–H groups in total. The molecule has 1 unspecified atom stereocenters. The SMILES string of the molecule is CCCNC(=O)CN1c2ccccc2C(C)(C)C12C=Cc1cc([N+](=O)[O-])ccc1O2. The molecule has 2 aliphatic heterocycles. The first-order valence-electron chi connectivity index (χ1n) is 10.1. The van der Waals surface area contributed by atoms with Crippen LogP contribution in [0.25, 0.3) is 6.08 Å². The molecule has 1 atom stereocenters. The van der Waals surface area contributed by atoms with Crippen molar-refractivity contribution in [1.82, 2.24) is 5.32 Å². The number of rotatable bonds is 5. The van der Waals surface area contributed by atoms with Crippen molar-refractivity contribution in [3.8, 4) is 5.75 Å². The van der Waals surface area contributed by atoms with Gasteiger partial charge in [-0.25, -0.2) is 0 Å². The second-order valence-electron chi connectivity index (χ2n) is 8.19. The first-order chi connectivity index (χ1) is 14.3. The van der Waals surface area contributed by atoms with Gasteiger partial charge in [0.25, 0.3) is 5.69 Å². The highest BCUT2D eigenvalue weighted by atomic mass is 16.6. The summed E-state index contributed by atoms with van der Waals surface area (Å²) in [6.45, 7) is 6.97. The molecule has 1 amide bonds. The van der Waals surface area contributed by atoms with Gasteiger partial charge in [0.1, 0.15) is 12.3 Å². The molecule has 7 nitrogen and oxygen atoms in total. The van der Waals surface area contributed by atoms with Gasteiger partial charge in [-0.15, -0.1) is 0 Å². The van der Waals surface area contributed by atoms with Crippen LogP contribution in [0.3, 0.4) is 0 Å². The standard InChI is InChI=1S/C23H25N3O4/c1-4-13-24-21(27)15-25-19-8-6-5-7-18(19)22(2,3)23(25)12-11-16-14-17(26(28)29)9-10-20(16)30-23/h5-12,14H,4,13,15H2,1-3H3,(H,24,27). The number of carbonyl (C=O) groups excluding carboxylic acids is 1. The summed E-state index contributed by atoms with van der Waals surface area (Å²) in [4.78, 5) is 25.4. The lowest BCUT2D eigenvalue weighted by Gasteiger charge is -2.46. The van der Waals surface area contributed by atoms with Gasteiger partial charge in [0.15, 0.2) is 0 Å². The molecule has 0 radical (unpaired) electrons. The van der Waals surface area contributed by atoms with E-state index in [-0.39, 0.29) is 18.1 Å². The van der Waals surface area contributed by atoms with Crippen LogP contribution in [0.15, 0.2) is 48.5 Å². The first-order valence-corrected chi connectivity index (χ1v) is 10.1. The minimum Gasteiger partial charge on any atom is -0.463 e. The van der Waals surface area contributed by atoms with E-state index in [0.29, 0.717) is 17.9 Å². The Balaban J connectivity index is 1.79. The molecule has 30 heavy (non-hydrogen) atoms. The zero-order valence-corrected chi connectivity index (χ0v) is 17.3. The number of anilines is 1. The van der Waals surface area contributed by atoms with Crippen molar-refractivity contribution >= 4 is 23.4 Å². The highest BCUT2D eigenvalue weighted by Gasteiger charge is 2.59. The van der Waals surface area contributed by atoms with Crippen molar-refractivity contribution in [1.29, 1.82) is 0 Å². The number of ether oxygens (including phenoxy) is 1. The molecule has 0 fully saturated rings. The number of nitro benzene ring substituents is 1. The van der Waals surface area contributed by atoms with Crippen LogP contribution in [0.2, 0.25) is 0 Å². The summed E-state index contributed by atoms with van der Waals surface area (Å²) < 4.78 is 6.57. The maximum Gasteiger partial charge on any atom is 0.270 e.